The molecular formula is C22H19F2N3O2. The molecule has 1 aliphatic rings. The van der Waals surface area contributed by atoms with Gasteiger partial charge in [-0.25, -0.2) is 13.8 Å². The van der Waals surface area contributed by atoms with Crippen molar-refractivity contribution in [1.29, 1.82) is 0 Å². The molecule has 2 aromatic heterocycles. The minimum absolute atomic E-state index is 0.104. The van der Waals surface area contributed by atoms with Gasteiger partial charge in [0, 0.05) is 24.5 Å². The maximum atomic E-state index is 13.9. The quantitative estimate of drug-likeness (QED) is 0.502. The van der Waals surface area contributed by atoms with Crippen LogP contribution >= 0.6 is 0 Å². The van der Waals surface area contributed by atoms with Crippen molar-refractivity contribution in [3.05, 3.63) is 65.7 Å². The average molecular weight is 395 g/mol. The van der Waals surface area contributed by atoms with Crippen molar-refractivity contribution in [2.75, 3.05) is 0 Å². The molecule has 4 aromatic rings. The van der Waals surface area contributed by atoms with Crippen LogP contribution in [0.3, 0.4) is 0 Å². The average Bonchev–Trinajstić information content (AvgIpc) is 3.11. The fraction of sp³-hybridized carbons (Fsp3) is 0.273. The minimum atomic E-state index is -0.696. The Balaban J connectivity index is 1.22. The van der Waals surface area contributed by atoms with Crippen LogP contribution in [0.2, 0.25) is 0 Å². The van der Waals surface area contributed by atoms with Crippen molar-refractivity contribution in [2.45, 2.75) is 31.7 Å². The first-order chi connectivity index (χ1) is 14.0. The van der Waals surface area contributed by atoms with E-state index in [1.54, 1.807) is 6.92 Å². The summed E-state index contributed by atoms with van der Waals surface area (Å²) in [6, 6.07) is 10.9. The lowest BCUT2D eigenvalue weighted by atomic mass is 10.2. The number of furan rings is 1. The van der Waals surface area contributed by atoms with Crippen molar-refractivity contribution in [1.82, 2.24) is 15.3 Å². The van der Waals surface area contributed by atoms with Crippen LogP contribution in [0, 0.1) is 17.6 Å². The van der Waals surface area contributed by atoms with E-state index in [4.69, 9.17) is 4.42 Å². The first kappa shape index (κ1) is 17.8. The van der Waals surface area contributed by atoms with E-state index in [2.05, 4.69) is 15.3 Å². The van der Waals surface area contributed by atoms with Crippen molar-refractivity contribution in [3.63, 3.8) is 0 Å². The van der Waals surface area contributed by atoms with Gasteiger partial charge in [-0.15, -0.1) is 0 Å². The highest BCUT2D eigenvalue weighted by molar-refractivity contribution is 5.80. The molecule has 0 radical (unpaired) electrons. The van der Waals surface area contributed by atoms with Crippen molar-refractivity contribution >= 4 is 27.9 Å². The summed E-state index contributed by atoms with van der Waals surface area (Å²) in [5, 5.41) is 3.09. The molecule has 2 aromatic carbocycles. The van der Waals surface area contributed by atoms with Gasteiger partial charge in [-0.3, -0.25) is 4.79 Å². The topological polar surface area (TPSA) is 70.9 Å². The van der Waals surface area contributed by atoms with E-state index >= 15 is 0 Å². The standard InChI is InChI=1S/C22H19F2N3O2/c1-11(19-10-15-16(24)8-13(23)9-20(15)29-19)25-21(28)7-12-6-14(12)22-26-17-4-2-3-5-18(17)27-22/h2-5,8-12,14H,6-7H2,1H3,(H,25,28)(H,26,27)/t11-,12+,14+/m1/s1. The van der Waals surface area contributed by atoms with Gasteiger partial charge in [0.15, 0.2) is 0 Å². The first-order valence-corrected chi connectivity index (χ1v) is 9.60. The predicted octanol–water partition coefficient (Wildman–Crippen LogP) is 4.96. The van der Waals surface area contributed by atoms with E-state index in [1.165, 1.54) is 6.07 Å². The summed E-state index contributed by atoms with van der Waals surface area (Å²) in [4.78, 5) is 20.4. The van der Waals surface area contributed by atoms with E-state index in [9.17, 15) is 13.6 Å². The molecule has 148 valence electrons. The molecule has 0 aliphatic heterocycles. The molecule has 0 unspecified atom stereocenters. The lowest BCUT2D eigenvalue weighted by Crippen LogP contribution is -2.26. The van der Waals surface area contributed by atoms with Gasteiger partial charge in [-0.1, -0.05) is 12.1 Å². The number of amides is 1. The molecule has 1 fully saturated rings. The van der Waals surface area contributed by atoms with Gasteiger partial charge in [-0.2, -0.15) is 0 Å². The van der Waals surface area contributed by atoms with Gasteiger partial charge < -0.3 is 14.7 Å². The maximum absolute atomic E-state index is 13.9. The summed E-state index contributed by atoms with van der Waals surface area (Å²) in [6.07, 6.45) is 1.30. The van der Waals surface area contributed by atoms with Crippen LogP contribution in [0.1, 0.15) is 43.3 Å². The fourth-order valence-electron chi connectivity index (χ4n) is 3.86. The Hall–Kier alpha value is -3.22. The van der Waals surface area contributed by atoms with E-state index in [0.717, 1.165) is 35.4 Å². The van der Waals surface area contributed by atoms with Gasteiger partial charge >= 0.3 is 0 Å². The molecule has 1 aliphatic carbocycles. The second kappa shape index (κ2) is 6.69. The number of hydrogen-bond donors (Lipinski definition) is 2. The number of carbonyl (C=O) groups excluding carboxylic acids is 1. The Morgan fingerprint density at radius 3 is 2.97 bits per heavy atom. The van der Waals surface area contributed by atoms with Crippen LogP contribution < -0.4 is 5.32 Å². The van der Waals surface area contributed by atoms with E-state index < -0.39 is 17.7 Å². The summed E-state index contributed by atoms with van der Waals surface area (Å²) < 4.78 is 32.7. The highest BCUT2D eigenvalue weighted by atomic mass is 19.1. The minimum Gasteiger partial charge on any atom is -0.459 e. The summed E-state index contributed by atoms with van der Waals surface area (Å²) >= 11 is 0. The number of hydrogen-bond acceptors (Lipinski definition) is 3. The number of imidazole rings is 1. The highest BCUT2D eigenvalue weighted by Crippen LogP contribution is 2.48. The molecule has 5 rings (SSSR count). The predicted molar refractivity (Wildman–Crippen MR) is 104 cm³/mol. The van der Waals surface area contributed by atoms with Crippen molar-refractivity contribution < 1.29 is 18.0 Å². The fourth-order valence-corrected chi connectivity index (χ4v) is 3.86. The van der Waals surface area contributed by atoms with Gasteiger partial charge in [0.1, 0.15) is 28.8 Å². The zero-order valence-electron chi connectivity index (χ0n) is 15.7. The number of rotatable bonds is 5. The molecule has 0 bridgehead atoms. The summed E-state index contributed by atoms with van der Waals surface area (Å²) in [7, 11) is 0. The monoisotopic (exact) mass is 395 g/mol. The molecule has 0 spiro atoms. The molecule has 2 heterocycles. The van der Waals surface area contributed by atoms with Gasteiger partial charge in [0.05, 0.1) is 22.5 Å². The number of fused-ring (bicyclic) bond motifs is 2. The first-order valence-electron chi connectivity index (χ1n) is 9.60. The molecular weight excluding hydrogens is 376 g/mol. The smallest absolute Gasteiger partial charge is 0.220 e. The zero-order valence-corrected chi connectivity index (χ0v) is 15.7. The largest absolute Gasteiger partial charge is 0.459 e. The molecule has 2 N–H and O–H groups in total. The number of aromatic nitrogens is 2. The van der Waals surface area contributed by atoms with Crippen molar-refractivity contribution in [3.8, 4) is 0 Å². The van der Waals surface area contributed by atoms with E-state index in [-0.39, 0.29) is 28.7 Å². The third-order valence-corrected chi connectivity index (χ3v) is 5.50. The number of nitrogens with one attached hydrogen (secondary N) is 2. The Labute approximate surface area is 165 Å². The highest BCUT2D eigenvalue weighted by Gasteiger charge is 2.42. The molecule has 29 heavy (non-hydrogen) atoms. The lowest BCUT2D eigenvalue weighted by Gasteiger charge is -2.11. The van der Waals surface area contributed by atoms with Crippen LogP contribution in [0.15, 0.2) is 46.9 Å². The van der Waals surface area contributed by atoms with Crippen LogP contribution in [-0.2, 0) is 4.79 Å². The normalized spacial score (nSPS) is 19.6. The Kier molecular flexibility index (Phi) is 4.12. The summed E-state index contributed by atoms with van der Waals surface area (Å²) in [5.41, 5.74) is 2.06. The van der Waals surface area contributed by atoms with Gasteiger partial charge in [0.2, 0.25) is 5.91 Å². The number of para-hydroxylation sites is 2. The maximum Gasteiger partial charge on any atom is 0.220 e. The molecule has 5 nitrogen and oxygen atoms in total. The third kappa shape index (κ3) is 3.37. The zero-order chi connectivity index (χ0) is 20.1. The summed E-state index contributed by atoms with van der Waals surface area (Å²) in [5.74, 6) is 0.331. The van der Waals surface area contributed by atoms with E-state index in [1.807, 2.05) is 24.3 Å². The van der Waals surface area contributed by atoms with Crippen LogP contribution in [0.4, 0.5) is 8.78 Å². The molecule has 0 saturated heterocycles. The Morgan fingerprint density at radius 2 is 2.14 bits per heavy atom. The SMILES string of the molecule is C[C@@H](NC(=O)C[C@@H]1C[C@@H]1c1nc2ccccc2[nH]1)c1cc2c(F)cc(F)cc2o1. The second-order valence-corrected chi connectivity index (χ2v) is 7.68. The number of carbonyl (C=O) groups is 1. The molecule has 7 heteroatoms. The van der Waals surface area contributed by atoms with Crippen LogP contribution in [0.25, 0.3) is 22.0 Å². The number of nitrogens with zero attached hydrogens (tertiary/aromatic N) is 1. The number of benzene rings is 2. The summed E-state index contributed by atoms with van der Waals surface area (Å²) in [6.45, 7) is 1.76. The number of aromatic amines is 1. The number of H-pyrrole nitrogens is 1. The van der Waals surface area contributed by atoms with Crippen LogP contribution in [0.5, 0.6) is 0 Å². The molecule has 3 atom stereocenters. The number of halogens is 2. The Morgan fingerprint density at radius 1 is 1.31 bits per heavy atom. The molecule has 1 saturated carbocycles. The van der Waals surface area contributed by atoms with Gasteiger partial charge in [0.25, 0.3) is 0 Å². The van der Waals surface area contributed by atoms with Gasteiger partial charge in [-0.05, 0) is 37.5 Å². The lowest BCUT2D eigenvalue weighted by molar-refractivity contribution is -0.122. The second-order valence-electron chi connectivity index (χ2n) is 7.68. The van der Waals surface area contributed by atoms with Crippen molar-refractivity contribution in [2.24, 2.45) is 5.92 Å². The van der Waals surface area contributed by atoms with Crippen LogP contribution in [-0.4, -0.2) is 15.9 Å². The molecule has 1 amide bonds. The Bertz CT molecular complexity index is 1200. The van der Waals surface area contributed by atoms with E-state index in [0.29, 0.717) is 12.2 Å². The third-order valence-electron chi connectivity index (χ3n) is 5.50.